The van der Waals surface area contributed by atoms with Crippen LogP contribution < -0.4 is 20.2 Å². The van der Waals surface area contributed by atoms with Gasteiger partial charge in [-0.15, -0.1) is 0 Å². The highest BCUT2D eigenvalue weighted by atomic mass is 16.7. The average molecular weight is 357 g/mol. The second kappa shape index (κ2) is 5.34. The molecule has 0 unspecified atom stereocenters. The Balaban J connectivity index is 2.31. The standard InChI is InChI=1S/C18H20N4O4/c1-15(11-6-7-12(23-2)13(8-11)24-3)16(9-19)14(21)22-18(25-4,26-5)17(15,16)10-20/h6-8H,1-5H3,(H2,21,22)/p+1/t15-,16+,17-/m1/s1. The quantitative estimate of drug-likeness (QED) is 0.674. The summed E-state index contributed by atoms with van der Waals surface area (Å²) in [5, 5.41) is 20.2. The van der Waals surface area contributed by atoms with Crippen LogP contribution >= 0.6 is 0 Å². The maximum absolute atomic E-state index is 10.2. The van der Waals surface area contributed by atoms with Crippen molar-refractivity contribution in [1.82, 2.24) is 0 Å². The molecule has 1 aromatic carbocycles. The lowest BCUT2D eigenvalue weighted by Crippen LogP contribution is -2.91. The molecule has 136 valence electrons. The molecule has 0 spiro atoms. The number of benzene rings is 1. The van der Waals surface area contributed by atoms with Crippen molar-refractivity contribution in [2.24, 2.45) is 16.6 Å². The Labute approximate surface area is 151 Å². The van der Waals surface area contributed by atoms with Gasteiger partial charge in [-0.2, -0.15) is 10.5 Å². The summed E-state index contributed by atoms with van der Waals surface area (Å²) in [7, 11) is 5.87. The van der Waals surface area contributed by atoms with Crippen LogP contribution in [0, 0.1) is 33.5 Å². The van der Waals surface area contributed by atoms with Gasteiger partial charge in [-0.1, -0.05) is 13.0 Å². The van der Waals surface area contributed by atoms with E-state index in [1.165, 1.54) is 28.4 Å². The molecule has 3 atom stereocenters. The molecule has 1 aliphatic heterocycles. The largest absolute Gasteiger partial charge is 0.493 e. The van der Waals surface area contributed by atoms with Gasteiger partial charge in [0.2, 0.25) is 0 Å². The normalized spacial score (nSPS) is 33.4. The fourth-order valence-corrected chi connectivity index (χ4v) is 4.73. The van der Waals surface area contributed by atoms with E-state index in [2.05, 4.69) is 17.1 Å². The Bertz CT molecular complexity index is 882. The highest BCUT2D eigenvalue weighted by Crippen LogP contribution is 2.82. The molecule has 26 heavy (non-hydrogen) atoms. The average Bonchev–Trinajstić information content (AvgIpc) is 3.09. The molecule has 0 bridgehead atoms. The van der Waals surface area contributed by atoms with Crippen LogP contribution in [0.1, 0.15) is 12.5 Å². The third-order valence-electron chi connectivity index (χ3n) is 6.07. The molecule has 8 nitrogen and oxygen atoms in total. The summed E-state index contributed by atoms with van der Waals surface area (Å²) in [6.07, 6.45) is 0. The van der Waals surface area contributed by atoms with E-state index in [9.17, 15) is 10.5 Å². The minimum Gasteiger partial charge on any atom is -0.493 e. The minimum atomic E-state index is -1.55. The van der Waals surface area contributed by atoms with Crippen molar-refractivity contribution in [1.29, 1.82) is 10.5 Å². The van der Waals surface area contributed by atoms with Crippen LogP contribution in [0.5, 0.6) is 11.5 Å². The van der Waals surface area contributed by atoms with Crippen molar-refractivity contribution in [3.8, 4) is 23.6 Å². The maximum atomic E-state index is 10.2. The van der Waals surface area contributed by atoms with E-state index in [1.807, 2.05) is 0 Å². The topological polar surface area (TPSA) is 124 Å². The van der Waals surface area contributed by atoms with E-state index >= 15 is 0 Å². The lowest BCUT2D eigenvalue weighted by Gasteiger charge is -2.30. The summed E-state index contributed by atoms with van der Waals surface area (Å²) in [6, 6.07) is 9.80. The molecule has 1 saturated carbocycles. The summed E-state index contributed by atoms with van der Waals surface area (Å²) >= 11 is 0. The van der Waals surface area contributed by atoms with Crippen molar-refractivity contribution < 1.29 is 23.9 Å². The smallest absolute Gasteiger partial charge is 0.343 e. The summed E-state index contributed by atoms with van der Waals surface area (Å²) < 4.78 is 21.8. The van der Waals surface area contributed by atoms with Crippen LogP contribution in [0.15, 0.2) is 18.2 Å². The first-order chi connectivity index (χ1) is 12.4. The van der Waals surface area contributed by atoms with Crippen molar-refractivity contribution >= 4 is 5.84 Å². The van der Waals surface area contributed by atoms with Gasteiger partial charge in [-0.3, -0.25) is 5.73 Å². The highest BCUT2D eigenvalue weighted by Gasteiger charge is 3.03. The first-order valence-electron chi connectivity index (χ1n) is 7.92. The zero-order valence-corrected chi connectivity index (χ0v) is 15.3. The first-order valence-corrected chi connectivity index (χ1v) is 7.92. The van der Waals surface area contributed by atoms with Gasteiger partial charge in [0.1, 0.15) is 0 Å². The van der Waals surface area contributed by atoms with Crippen molar-refractivity contribution in [3.05, 3.63) is 23.8 Å². The lowest BCUT2D eigenvalue weighted by atomic mass is 9.84. The van der Waals surface area contributed by atoms with Gasteiger partial charge in [0, 0.05) is 14.2 Å². The van der Waals surface area contributed by atoms with Gasteiger partial charge in [0.25, 0.3) is 5.84 Å². The number of rotatable bonds is 5. The van der Waals surface area contributed by atoms with Gasteiger partial charge in [-0.05, 0) is 17.7 Å². The molecule has 0 radical (unpaired) electrons. The Morgan fingerprint density at radius 2 is 1.62 bits per heavy atom. The van der Waals surface area contributed by atoms with Gasteiger partial charge in [-0.25, -0.2) is 4.99 Å². The van der Waals surface area contributed by atoms with Gasteiger partial charge in [0.15, 0.2) is 22.3 Å². The number of nitrogens with one attached hydrogen (secondary N) is 1. The summed E-state index contributed by atoms with van der Waals surface area (Å²) in [5.74, 6) is -0.377. The lowest BCUT2D eigenvalue weighted by molar-refractivity contribution is -0.688. The van der Waals surface area contributed by atoms with Gasteiger partial charge >= 0.3 is 5.91 Å². The molecule has 0 aromatic heterocycles. The van der Waals surface area contributed by atoms with Crippen LogP contribution in [-0.2, 0) is 14.9 Å². The number of ether oxygens (including phenoxy) is 4. The number of hydrogen-bond donors (Lipinski definition) is 2. The zero-order chi connectivity index (χ0) is 19.4. The predicted molar refractivity (Wildman–Crippen MR) is 89.9 cm³/mol. The predicted octanol–water partition coefficient (Wildman–Crippen LogP) is -0.607. The molecule has 3 rings (SSSR count). The third kappa shape index (κ3) is 1.45. The fraction of sp³-hybridized carbons (Fsp3) is 0.500. The third-order valence-corrected chi connectivity index (χ3v) is 6.07. The summed E-state index contributed by atoms with van der Waals surface area (Å²) in [4.78, 5) is 2.87. The van der Waals surface area contributed by atoms with E-state index < -0.39 is 22.2 Å². The number of hydrogen-bond acceptors (Lipinski definition) is 7. The molecular formula is C18H21N4O4+. The molecule has 1 aromatic rings. The summed E-state index contributed by atoms with van der Waals surface area (Å²) in [5.41, 5.74) is 3.18. The molecule has 0 saturated heterocycles. The number of nitriles is 2. The molecule has 2 aliphatic rings. The van der Waals surface area contributed by atoms with Gasteiger partial charge < -0.3 is 18.9 Å². The number of amidine groups is 1. The number of methoxy groups -OCH3 is 4. The zero-order valence-electron chi connectivity index (χ0n) is 15.3. The van der Waals surface area contributed by atoms with Crippen LogP contribution in [-0.4, -0.2) is 40.2 Å². The number of nitrogens with two attached hydrogens (primary N) is 1. The van der Waals surface area contributed by atoms with Crippen molar-refractivity contribution in [2.45, 2.75) is 18.2 Å². The molecule has 0 amide bonds. The molecule has 1 fully saturated rings. The molecule has 3 N–H and O–H groups in total. The molecule has 8 heteroatoms. The van der Waals surface area contributed by atoms with E-state index in [0.717, 1.165) is 0 Å². The second-order valence-corrected chi connectivity index (χ2v) is 6.48. The first kappa shape index (κ1) is 18.0. The second-order valence-electron chi connectivity index (χ2n) is 6.48. The number of nitrogens with zero attached hydrogens (tertiary/aromatic N) is 2. The Morgan fingerprint density at radius 1 is 1.00 bits per heavy atom. The molecular weight excluding hydrogens is 336 g/mol. The van der Waals surface area contributed by atoms with Crippen LogP contribution in [0.2, 0.25) is 0 Å². The van der Waals surface area contributed by atoms with Crippen LogP contribution in [0.25, 0.3) is 0 Å². The Morgan fingerprint density at radius 3 is 2.08 bits per heavy atom. The molecule has 1 aliphatic carbocycles. The number of fused-ring (bicyclic) bond motifs is 1. The van der Waals surface area contributed by atoms with Crippen LogP contribution in [0.3, 0.4) is 0 Å². The van der Waals surface area contributed by atoms with Gasteiger partial charge in [0.05, 0.1) is 31.8 Å². The monoisotopic (exact) mass is 357 g/mol. The fourth-order valence-electron chi connectivity index (χ4n) is 4.73. The Kier molecular flexibility index (Phi) is 3.70. The molecule has 1 heterocycles. The summed E-state index contributed by atoms with van der Waals surface area (Å²) in [6.45, 7) is 1.81. The van der Waals surface area contributed by atoms with Crippen LogP contribution in [0.4, 0.5) is 0 Å². The van der Waals surface area contributed by atoms with Crippen molar-refractivity contribution in [3.63, 3.8) is 0 Å². The minimum absolute atomic E-state index is 0.141. The highest BCUT2D eigenvalue weighted by molar-refractivity contribution is 5.97. The van der Waals surface area contributed by atoms with Crippen molar-refractivity contribution in [2.75, 3.05) is 28.4 Å². The van der Waals surface area contributed by atoms with E-state index in [0.29, 0.717) is 17.1 Å². The van der Waals surface area contributed by atoms with E-state index in [-0.39, 0.29) is 5.84 Å². The SMILES string of the molecule is COc1ccc([C@]2(C)[C@]3(C#N)C(N)=[NH+]C(OC)(OC)[C@@]32C#N)cc1OC. The Hall–Kier alpha value is -2.81. The van der Waals surface area contributed by atoms with E-state index in [1.54, 1.807) is 25.1 Å². The maximum Gasteiger partial charge on any atom is 0.343 e. The van der Waals surface area contributed by atoms with E-state index in [4.69, 9.17) is 24.7 Å².